The van der Waals surface area contributed by atoms with Crippen molar-refractivity contribution in [3.63, 3.8) is 0 Å². The Morgan fingerprint density at radius 1 is 1.14 bits per heavy atom. The molecule has 0 spiro atoms. The highest BCUT2D eigenvalue weighted by molar-refractivity contribution is 6.30. The number of nitrogens with zero attached hydrogens (tertiary/aromatic N) is 3. The molecule has 0 aliphatic carbocycles. The summed E-state index contributed by atoms with van der Waals surface area (Å²) in [5.74, 6) is -0.909. The van der Waals surface area contributed by atoms with Gasteiger partial charge in [-0.2, -0.15) is 18.3 Å². The average molecular weight is 516 g/mol. The van der Waals surface area contributed by atoms with Crippen molar-refractivity contribution in [3.05, 3.63) is 77.2 Å². The van der Waals surface area contributed by atoms with Gasteiger partial charge in [0, 0.05) is 22.5 Å². The third kappa shape index (κ3) is 5.14. The number of alkyl halides is 3. The van der Waals surface area contributed by atoms with Gasteiger partial charge in [0.2, 0.25) is 0 Å². The van der Waals surface area contributed by atoms with Gasteiger partial charge in [0.05, 0.1) is 11.8 Å². The fourth-order valence-corrected chi connectivity index (χ4v) is 4.27. The molecule has 2 aromatic carbocycles. The Morgan fingerprint density at radius 3 is 2.69 bits per heavy atom. The molecule has 0 saturated carbocycles. The second kappa shape index (κ2) is 9.79. The molecule has 11 heteroatoms. The fraction of sp³-hybridized carbons (Fsp3) is 0.240. The molecule has 4 aromatic rings. The van der Waals surface area contributed by atoms with Crippen LogP contribution in [0.5, 0.6) is 5.75 Å². The molecule has 1 aliphatic rings. The Kier molecular flexibility index (Phi) is 6.55. The van der Waals surface area contributed by atoms with E-state index in [0.29, 0.717) is 42.2 Å². The minimum atomic E-state index is -4.65. The largest absolute Gasteiger partial charge is 0.490 e. The quantitative estimate of drug-likeness (QED) is 0.369. The van der Waals surface area contributed by atoms with E-state index in [4.69, 9.17) is 16.3 Å². The Morgan fingerprint density at radius 2 is 1.94 bits per heavy atom. The van der Waals surface area contributed by atoms with Gasteiger partial charge in [0.15, 0.2) is 5.65 Å². The van der Waals surface area contributed by atoms with Crippen LogP contribution in [0.15, 0.2) is 60.9 Å². The molecular weight excluding hydrogens is 495 g/mol. The van der Waals surface area contributed by atoms with E-state index in [1.165, 1.54) is 22.7 Å². The van der Waals surface area contributed by atoms with E-state index in [9.17, 15) is 18.0 Å². The summed E-state index contributed by atoms with van der Waals surface area (Å²) < 4.78 is 48.5. The minimum Gasteiger partial charge on any atom is -0.490 e. The molecule has 36 heavy (non-hydrogen) atoms. The number of aromatic nitrogens is 3. The topological polar surface area (TPSA) is 80.5 Å². The monoisotopic (exact) mass is 515 g/mol. The second-order valence-corrected chi connectivity index (χ2v) is 8.82. The highest BCUT2D eigenvalue weighted by Gasteiger charge is 2.35. The number of carbonyl (C=O) groups is 1. The summed E-state index contributed by atoms with van der Waals surface area (Å²) in [6.45, 7) is 1.38. The van der Waals surface area contributed by atoms with Gasteiger partial charge in [-0.05, 0) is 67.9 Å². The summed E-state index contributed by atoms with van der Waals surface area (Å²) in [5, 5.41) is 10.4. The van der Waals surface area contributed by atoms with Gasteiger partial charge in [-0.15, -0.1) is 0 Å². The molecule has 186 valence electrons. The molecule has 3 heterocycles. The van der Waals surface area contributed by atoms with Crippen molar-refractivity contribution in [1.82, 2.24) is 19.9 Å². The second-order valence-electron chi connectivity index (χ2n) is 8.38. The summed E-state index contributed by atoms with van der Waals surface area (Å²) in [5.41, 5.74) is 0.894. The smallest absolute Gasteiger partial charge is 0.420 e. The van der Waals surface area contributed by atoms with E-state index in [1.807, 2.05) is 6.07 Å². The fourth-order valence-electron chi connectivity index (χ4n) is 4.07. The lowest BCUT2D eigenvalue weighted by Crippen LogP contribution is -2.34. The van der Waals surface area contributed by atoms with Gasteiger partial charge in [-0.3, -0.25) is 4.79 Å². The van der Waals surface area contributed by atoms with Gasteiger partial charge in [0.1, 0.15) is 17.5 Å². The summed E-state index contributed by atoms with van der Waals surface area (Å²) in [4.78, 5) is 17.3. The van der Waals surface area contributed by atoms with Crippen LogP contribution < -0.4 is 15.4 Å². The van der Waals surface area contributed by atoms with Crippen molar-refractivity contribution in [2.75, 3.05) is 18.4 Å². The maximum atomic E-state index is 13.8. The average Bonchev–Trinajstić information content (AvgIpc) is 3.28. The molecule has 1 aliphatic heterocycles. The Bertz CT molecular complexity index is 1420. The zero-order chi connectivity index (χ0) is 25.3. The number of amides is 1. The standard InChI is InChI=1S/C25H21ClF3N5O2/c26-16-3-1-2-15(12-16)19-14-31-34-11-8-21(33-23(19)34)24(35)32-17-4-5-22(20(13-17)25(27,28)29)36-18-6-9-30-10-7-18/h1-5,8,11-14,18,30H,6-7,9-10H2,(H,32,35). The van der Waals surface area contributed by atoms with Crippen molar-refractivity contribution < 1.29 is 22.7 Å². The first-order valence-corrected chi connectivity index (χ1v) is 11.7. The number of hydrogen-bond acceptors (Lipinski definition) is 5. The van der Waals surface area contributed by atoms with Crippen LogP contribution in [0.25, 0.3) is 16.8 Å². The van der Waals surface area contributed by atoms with Gasteiger partial charge in [0.25, 0.3) is 5.91 Å². The van der Waals surface area contributed by atoms with E-state index in [1.54, 1.807) is 30.6 Å². The molecule has 1 fully saturated rings. The van der Waals surface area contributed by atoms with E-state index < -0.39 is 17.6 Å². The minimum absolute atomic E-state index is 0.0183. The van der Waals surface area contributed by atoms with Crippen LogP contribution in [0.4, 0.5) is 18.9 Å². The SMILES string of the molecule is O=C(Nc1ccc(OC2CCNCC2)c(C(F)(F)F)c1)c1ccn2ncc(-c3cccc(Cl)c3)c2n1. The first kappa shape index (κ1) is 24.1. The van der Waals surface area contributed by atoms with Crippen molar-refractivity contribution in [1.29, 1.82) is 0 Å². The number of rotatable bonds is 5. The number of fused-ring (bicyclic) bond motifs is 1. The normalized spacial score (nSPS) is 14.7. The molecule has 5 rings (SSSR count). The molecule has 0 atom stereocenters. The van der Waals surface area contributed by atoms with Gasteiger partial charge in [-0.1, -0.05) is 23.7 Å². The van der Waals surface area contributed by atoms with Gasteiger partial charge < -0.3 is 15.4 Å². The number of halogens is 4. The van der Waals surface area contributed by atoms with Crippen LogP contribution in [-0.2, 0) is 6.18 Å². The predicted octanol–water partition coefficient (Wildman–Crippen LogP) is 5.45. The number of ether oxygens (including phenoxy) is 1. The zero-order valence-corrected chi connectivity index (χ0v) is 19.6. The summed E-state index contributed by atoms with van der Waals surface area (Å²) in [7, 11) is 0. The molecule has 7 nitrogen and oxygen atoms in total. The number of nitrogens with one attached hydrogen (secondary N) is 2. The van der Waals surface area contributed by atoms with Crippen molar-refractivity contribution in [2.24, 2.45) is 0 Å². The maximum Gasteiger partial charge on any atom is 0.420 e. The lowest BCUT2D eigenvalue weighted by Gasteiger charge is -2.25. The van der Waals surface area contributed by atoms with Crippen molar-refractivity contribution >= 4 is 28.8 Å². The number of hydrogen-bond donors (Lipinski definition) is 2. The van der Waals surface area contributed by atoms with E-state index in [0.717, 1.165) is 11.6 Å². The summed E-state index contributed by atoms with van der Waals surface area (Å²) in [6, 6.07) is 12.1. The van der Waals surface area contributed by atoms with Gasteiger partial charge in [-0.25, -0.2) is 9.50 Å². The van der Waals surface area contributed by atoms with Crippen LogP contribution in [0.2, 0.25) is 5.02 Å². The number of anilines is 1. The summed E-state index contributed by atoms with van der Waals surface area (Å²) >= 11 is 6.09. The third-order valence-corrected chi connectivity index (χ3v) is 6.10. The highest BCUT2D eigenvalue weighted by atomic mass is 35.5. The molecule has 2 aromatic heterocycles. The number of carbonyl (C=O) groups excluding carboxylic acids is 1. The van der Waals surface area contributed by atoms with Crippen LogP contribution in [0.1, 0.15) is 28.9 Å². The van der Waals surface area contributed by atoms with Crippen LogP contribution >= 0.6 is 11.6 Å². The number of benzene rings is 2. The molecule has 2 N–H and O–H groups in total. The molecule has 0 unspecified atom stereocenters. The molecule has 1 amide bonds. The van der Waals surface area contributed by atoms with E-state index >= 15 is 0 Å². The number of piperidine rings is 1. The van der Waals surface area contributed by atoms with Crippen LogP contribution in [0, 0.1) is 0 Å². The molecule has 0 bridgehead atoms. The Labute approximate surface area is 209 Å². The first-order chi connectivity index (χ1) is 17.3. The first-order valence-electron chi connectivity index (χ1n) is 11.3. The van der Waals surface area contributed by atoms with E-state index in [2.05, 4.69) is 20.7 Å². The maximum absolute atomic E-state index is 13.8. The molecule has 1 saturated heterocycles. The predicted molar refractivity (Wildman–Crippen MR) is 129 cm³/mol. The van der Waals surface area contributed by atoms with Crippen molar-refractivity contribution in [3.8, 4) is 16.9 Å². The Balaban J connectivity index is 1.40. The lowest BCUT2D eigenvalue weighted by atomic mass is 10.1. The zero-order valence-electron chi connectivity index (χ0n) is 18.8. The summed E-state index contributed by atoms with van der Waals surface area (Å²) in [6.07, 6.45) is -0.544. The van der Waals surface area contributed by atoms with E-state index in [-0.39, 0.29) is 23.2 Å². The van der Waals surface area contributed by atoms with Crippen LogP contribution in [-0.4, -0.2) is 39.7 Å². The third-order valence-electron chi connectivity index (χ3n) is 5.86. The van der Waals surface area contributed by atoms with Crippen molar-refractivity contribution in [2.45, 2.75) is 25.1 Å². The molecule has 0 radical (unpaired) electrons. The Hall–Kier alpha value is -3.63. The van der Waals surface area contributed by atoms with Crippen LogP contribution in [0.3, 0.4) is 0 Å². The highest BCUT2D eigenvalue weighted by Crippen LogP contribution is 2.39. The lowest BCUT2D eigenvalue weighted by molar-refractivity contribution is -0.139. The molecular formula is C25H21ClF3N5O2. The van der Waals surface area contributed by atoms with Gasteiger partial charge >= 0.3 is 6.18 Å².